The fraction of sp³-hybridized carbons (Fsp3) is 1.00. The molecule has 1 spiro atoms. The Balaban J connectivity index is 0.000000845. The Morgan fingerprint density at radius 3 is 2.23 bits per heavy atom. The molecule has 2 nitrogen and oxygen atoms in total. The molecule has 2 saturated carbocycles. The van der Waals surface area contributed by atoms with Crippen molar-refractivity contribution in [2.75, 3.05) is 7.11 Å². The van der Waals surface area contributed by atoms with E-state index < -0.39 is 0 Å². The minimum atomic E-state index is 0. The second-order valence-corrected chi connectivity index (χ2v) is 4.60. The largest absolute Gasteiger partial charge is 0.381 e. The standard InChI is InChI=1S/C10H19NO.ClH/c1-12-9-6-10(7-9)4-2-8(11)3-5-10;/h8-9H,2-7,11H2,1H3;1H. The lowest BCUT2D eigenvalue weighted by atomic mass is 9.59. The van der Waals surface area contributed by atoms with Gasteiger partial charge in [0, 0.05) is 13.2 Å². The zero-order chi connectivity index (χ0) is 8.60. The molecule has 0 saturated heterocycles. The van der Waals surface area contributed by atoms with Crippen LogP contribution in [0.15, 0.2) is 0 Å². The predicted molar refractivity (Wildman–Crippen MR) is 56.2 cm³/mol. The monoisotopic (exact) mass is 205 g/mol. The SMILES string of the molecule is COC1CC2(CCC(N)CC2)C1.Cl. The molecule has 0 unspecified atom stereocenters. The highest BCUT2D eigenvalue weighted by Crippen LogP contribution is 2.52. The second kappa shape index (κ2) is 4.16. The van der Waals surface area contributed by atoms with E-state index in [1.54, 1.807) is 0 Å². The van der Waals surface area contributed by atoms with Gasteiger partial charge in [0.1, 0.15) is 0 Å². The van der Waals surface area contributed by atoms with Gasteiger partial charge in [-0.1, -0.05) is 0 Å². The zero-order valence-electron chi connectivity index (χ0n) is 8.29. The van der Waals surface area contributed by atoms with Crippen LogP contribution < -0.4 is 5.73 Å². The van der Waals surface area contributed by atoms with Crippen LogP contribution in [0, 0.1) is 5.41 Å². The van der Waals surface area contributed by atoms with Crippen LogP contribution in [-0.4, -0.2) is 19.3 Å². The van der Waals surface area contributed by atoms with Crippen LogP contribution >= 0.6 is 12.4 Å². The van der Waals surface area contributed by atoms with Gasteiger partial charge in [-0.2, -0.15) is 0 Å². The third-order valence-corrected chi connectivity index (χ3v) is 3.75. The summed E-state index contributed by atoms with van der Waals surface area (Å²) in [5.41, 5.74) is 6.52. The zero-order valence-corrected chi connectivity index (χ0v) is 9.11. The van der Waals surface area contributed by atoms with Gasteiger partial charge in [0.2, 0.25) is 0 Å². The minimum absolute atomic E-state index is 0. The van der Waals surface area contributed by atoms with Gasteiger partial charge in [0.05, 0.1) is 6.10 Å². The summed E-state index contributed by atoms with van der Waals surface area (Å²) in [5, 5.41) is 0. The molecular weight excluding hydrogens is 186 g/mol. The van der Waals surface area contributed by atoms with Gasteiger partial charge in [-0.15, -0.1) is 12.4 Å². The quantitative estimate of drug-likeness (QED) is 0.712. The maximum atomic E-state index is 5.87. The van der Waals surface area contributed by atoms with Gasteiger partial charge in [-0.25, -0.2) is 0 Å². The van der Waals surface area contributed by atoms with E-state index in [-0.39, 0.29) is 12.4 Å². The van der Waals surface area contributed by atoms with Gasteiger partial charge >= 0.3 is 0 Å². The average Bonchev–Trinajstić information content (AvgIpc) is 2.02. The lowest BCUT2D eigenvalue weighted by Crippen LogP contribution is -2.46. The van der Waals surface area contributed by atoms with Crippen molar-refractivity contribution in [3.05, 3.63) is 0 Å². The summed E-state index contributed by atoms with van der Waals surface area (Å²) >= 11 is 0. The lowest BCUT2D eigenvalue weighted by molar-refractivity contribution is -0.0788. The molecule has 3 heteroatoms. The molecule has 2 N–H and O–H groups in total. The molecule has 2 aliphatic rings. The predicted octanol–water partition coefficient (Wildman–Crippen LogP) is 2.10. The first-order chi connectivity index (χ1) is 5.74. The number of methoxy groups -OCH3 is 1. The number of halogens is 1. The van der Waals surface area contributed by atoms with E-state index >= 15 is 0 Å². The molecule has 0 heterocycles. The molecule has 0 aromatic rings. The maximum absolute atomic E-state index is 5.87. The van der Waals surface area contributed by atoms with E-state index in [1.165, 1.54) is 38.5 Å². The van der Waals surface area contributed by atoms with Crippen LogP contribution in [0.25, 0.3) is 0 Å². The molecule has 0 radical (unpaired) electrons. The van der Waals surface area contributed by atoms with Gasteiger partial charge in [0.25, 0.3) is 0 Å². The molecule has 0 aromatic heterocycles. The third-order valence-electron chi connectivity index (χ3n) is 3.75. The van der Waals surface area contributed by atoms with Crippen molar-refractivity contribution >= 4 is 12.4 Å². The summed E-state index contributed by atoms with van der Waals surface area (Å²) < 4.78 is 5.31. The van der Waals surface area contributed by atoms with Crippen molar-refractivity contribution in [3.8, 4) is 0 Å². The number of nitrogens with two attached hydrogens (primary N) is 1. The number of rotatable bonds is 1. The van der Waals surface area contributed by atoms with Crippen molar-refractivity contribution in [2.45, 2.75) is 50.7 Å². The highest BCUT2D eigenvalue weighted by atomic mass is 35.5. The van der Waals surface area contributed by atoms with Gasteiger partial charge in [0.15, 0.2) is 0 Å². The second-order valence-electron chi connectivity index (χ2n) is 4.60. The Morgan fingerprint density at radius 1 is 1.23 bits per heavy atom. The van der Waals surface area contributed by atoms with Gasteiger partial charge < -0.3 is 10.5 Å². The third kappa shape index (κ3) is 2.17. The Morgan fingerprint density at radius 2 is 1.77 bits per heavy atom. The van der Waals surface area contributed by atoms with Crippen molar-refractivity contribution < 1.29 is 4.74 Å². The molecule has 0 aromatic carbocycles. The van der Waals surface area contributed by atoms with Crippen molar-refractivity contribution in [1.29, 1.82) is 0 Å². The fourth-order valence-corrected chi connectivity index (χ4v) is 2.73. The van der Waals surface area contributed by atoms with Crippen molar-refractivity contribution in [3.63, 3.8) is 0 Å². The van der Waals surface area contributed by atoms with E-state index in [2.05, 4.69) is 0 Å². The molecule has 78 valence electrons. The van der Waals surface area contributed by atoms with E-state index in [9.17, 15) is 0 Å². The molecule has 2 rings (SSSR count). The molecule has 13 heavy (non-hydrogen) atoms. The first-order valence-electron chi connectivity index (χ1n) is 5.02. The van der Waals surface area contributed by atoms with Crippen LogP contribution in [0.1, 0.15) is 38.5 Å². The number of ether oxygens (including phenoxy) is 1. The number of hydrogen-bond acceptors (Lipinski definition) is 2. The summed E-state index contributed by atoms with van der Waals surface area (Å²) in [6, 6.07) is 0.484. The van der Waals surface area contributed by atoms with Crippen LogP contribution in [0.5, 0.6) is 0 Å². The Hall–Kier alpha value is 0.210. The van der Waals surface area contributed by atoms with E-state index in [1.807, 2.05) is 7.11 Å². The Bertz CT molecular complexity index is 151. The van der Waals surface area contributed by atoms with Gasteiger partial charge in [-0.3, -0.25) is 0 Å². The highest BCUT2D eigenvalue weighted by molar-refractivity contribution is 5.85. The molecule has 2 fully saturated rings. The summed E-state index contributed by atoms with van der Waals surface area (Å²) in [5.74, 6) is 0. The van der Waals surface area contributed by atoms with Crippen molar-refractivity contribution in [2.24, 2.45) is 11.1 Å². The van der Waals surface area contributed by atoms with E-state index in [4.69, 9.17) is 10.5 Å². The lowest BCUT2D eigenvalue weighted by Gasteiger charge is -2.50. The molecule has 0 aliphatic heterocycles. The molecule has 2 aliphatic carbocycles. The van der Waals surface area contributed by atoms with Crippen LogP contribution in [-0.2, 0) is 4.74 Å². The highest BCUT2D eigenvalue weighted by Gasteiger charge is 2.45. The van der Waals surface area contributed by atoms with E-state index in [0.717, 1.165) is 0 Å². The first kappa shape index (κ1) is 11.3. The smallest absolute Gasteiger partial charge is 0.0582 e. The molecule has 0 atom stereocenters. The van der Waals surface area contributed by atoms with Gasteiger partial charge in [-0.05, 0) is 43.9 Å². The number of hydrogen-bond donors (Lipinski definition) is 1. The fourth-order valence-electron chi connectivity index (χ4n) is 2.73. The Kier molecular flexibility index (Phi) is 3.61. The Labute approximate surface area is 86.6 Å². The minimum Gasteiger partial charge on any atom is -0.381 e. The molecular formula is C10H20ClNO. The summed E-state index contributed by atoms with van der Waals surface area (Å²) in [7, 11) is 1.83. The first-order valence-corrected chi connectivity index (χ1v) is 5.02. The van der Waals surface area contributed by atoms with Crippen LogP contribution in [0.4, 0.5) is 0 Å². The van der Waals surface area contributed by atoms with Crippen LogP contribution in [0.2, 0.25) is 0 Å². The van der Waals surface area contributed by atoms with Crippen molar-refractivity contribution in [1.82, 2.24) is 0 Å². The van der Waals surface area contributed by atoms with Crippen LogP contribution in [0.3, 0.4) is 0 Å². The molecule has 0 amide bonds. The summed E-state index contributed by atoms with van der Waals surface area (Å²) in [6.07, 6.45) is 8.28. The summed E-state index contributed by atoms with van der Waals surface area (Å²) in [4.78, 5) is 0. The molecule has 0 bridgehead atoms. The summed E-state index contributed by atoms with van der Waals surface area (Å²) in [6.45, 7) is 0. The normalized spacial score (nSPS) is 43.8. The maximum Gasteiger partial charge on any atom is 0.0582 e. The van der Waals surface area contributed by atoms with E-state index in [0.29, 0.717) is 17.6 Å². The average molecular weight is 206 g/mol. The topological polar surface area (TPSA) is 35.2 Å².